The van der Waals surface area contributed by atoms with Gasteiger partial charge in [0.1, 0.15) is 0 Å². The van der Waals surface area contributed by atoms with Gasteiger partial charge >= 0.3 is 6.18 Å². The Hall–Kier alpha value is -2.54. The molecule has 1 saturated heterocycles. The minimum Gasteiger partial charge on any atom is -0.322 e. The molecule has 0 aliphatic carbocycles. The molecule has 0 bridgehead atoms. The van der Waals surface area contributed by atoms with Crippen molar-refractivity contribution in [1.29, 1.82) is 0 Å². The van der Waals surface area contributed by atoms with Gasteiger partial charge in [0.15, 0.2) is 0 Å². The number of amides is 2. The Kier molecular flexibility index (Phi) is 4.91. The van der Waals surface area contributed by atoms with Gasteiger partial charge in [0.25, 0.3) is 5.91 Å². The van der Waals surface area contributed by atoms with Crippen LogP contribution in [0.1, 0.15) is 28.8 Å². The summed E-state index contributed by atoms with van der Waals surface area (Å²) in [5.41, 5.74) is -0.405. The molecule has 0 aromatic heterocycles. The molecule has 2 amide bonds. The maximum absolute atomic E-state index is 13.0. The number of alkyl halides is 3. The second-order valence-corrected chi connectivity index (χ2v) is 6.22. The lowest BCUT2D eigenvalue weighted by Gasteiger charge is -2.19. The molecule has 2 aromatic rings. The van der Waals surface area contributed by atoms with Gasteiger partial charge in [0.2, 0.25) is 5.91 Å². The van der Waals surface area contributed by atoms with E-state index in [-0.39, 0.29) is 17.2 Å². The Bertz CT molecular complexity index is 868. The lowest BCUT2D eigenvalue weighted by atomic mass is 10.1. The number of para-hydroxylation sites is 1. The third-order valence-corrected chi connectivity index (χ3v) is 4.37. The van der Waals surface area contributed by atoms with Crippen LogP contribution in [0.3, 0.4) is 0 Å². The largest absolute Gasteiger partial charge is 0.417 e. The van der Waals surface area contributed by atoms with Gasteiger partial charge in [-0.05, 0) is 36.8 Å². The predicted molar refractivity (Wildman–Crippen MR) is 92.4 cm³/mol. The van der Waals surface area contributed by atoms with Gasteiger partial charge in [-0.15, -0.1) is 0 Å². The summed E-state index contributed by atoms with van der Waals surface area (Å²) in [6.07, 6.45) is -3.53. The Morgan fingerprint density at radius 3 is 2.54 bits per heavy atom. The smallest absolute Gasteiger partial charge is 0.322 e. The van der Waals surface area contributed by atoms with E-state index in [4.69, 9.17) is 11.6 Å². The zero-order valence-electron chi connectivity index (χ0n) is 13.4. The Morgan fingerprint density at radius 2 is 1.88 bits per heavy atom. The standard InChI is InChI=1S/C18H14ClF3N2O2/c19-14-8-7-11(10-13(14)18(20,21)22)23-17(26)12-4-1-2-5-15(12)24-9-3-6-16(24)25/h1-2,4-5,7-8,10H,3,6,9H2,(H,23,26). The fourth-order valence-corrected chi connectivity index (χ4v) is 3.05. The van der Waals surface area contributed by atoms with Crippen LogP contribution in [0.15, 0.2) is 42.5 Å². The highest BCUT2D eigenvalue weighted by Crippen LogP contribution is 2.36. The third kappa shape index (κ3) is 3.67. The van der Waals surface area contributed by atoms with Crippen LogP contribution < -0.4 is 10.2 Å². The number of carbonyl (C=O) groups excluding carboxylic acids is 2. The molecule has 2 aromatic carbocycles. The second kappa shape index (κ2) is 6.99. The van der Waals surface area contributed by atoms with Crippen LogP contribution in [-0.4, -0.2) is 18.4 Å². The number of benzene rings is 2. The number of hydrogen-bond donors (Lipinski definition) is 1. The van der Waals surface area contributed by atoms with Crippen molar-refractivity contribution in [2.75, 3.05) is 16.8 Å². The van der Waals surface area contributed by atoms with Gasteiger partial charge in [0.05, 0.1) is 21.8 Å². The van der Waals surface area contributed by atoms with Crippen molar-refractivity contribution in [3.8, 4) is 0 Å². The van der Waals surface area contributed by atoms with Gasteiger partial charge in [-0.25, -0.2) is 0 Å². The number of hydrogen-bond acceptors (Lipinski definition) is 2. The minimum absolute atomic E-state index is 0.0331. The van der Waals surface area contributed by atoms with Gasteiger partial charge < -0.3 is 10.2 Å². The van der Waals surface area contributed by atoms with Crippen LogP contribution in [0.25, 0.3) is 0 Å². The maximum Gasteiger partial charge on any atom is 0.417 e. The molecule has 1 N–H and O–H groups in total. The van der Waals surface area contributed by atoms with Gasteiger partial charge in [-0.1, -0.05) is 23.7 Å². The number of halogens is 4. The molecule has 0 atom stereocenters. The lowest BCUT2D eigenvalue weighted by molar-refractivity contribution is -0.137. The van der Waals surface area contributed by atoms with E-state index in [1.807, 2.05) is 0 Å². The van der Waals surface area contributed by atoms with Crippen molar-refractivity contribution in [3.05, 3.63) is 58.6 Å². The zero-order chi connectivity index (χ0) is 18.9. The SMILES string of the molecule is O=C(Nc1ccc(Cl)c(C(F)(F)F)c1)c1ccccc1N1CCCC1=O. The van der Waals surface area contributed by atoms with E-state index in [2.05, 4.69) is 5.32 Å². The number of rotatable bonds is 3. The molecule has 26 heavy (non-hydrogen) atoms. The normalized spacial score (nSPS) is 14.6. The average molecular weight is 383 g/mol. The molecule has 8 heteroatoms. The maximum atomic E-state index is 13.0. The van der Waals surface area contributed by atoms with Crippen LogP contribution in [0.5, 0.6) is 0 Å². The fraction of sp³-hybridized carbons (Fsp3) is 0.222. The number of nitrogens with zero attached hydrogens (tertiary/aromatic N) is 1. The Morgan fingerprint density at radius 1 is 1.15 bits per heavy atom. The Balaban J connectivity index is 1.89. The van der Waals surface area contributed by atoms with Crippen molar-refractivity contribution in [2.24, 2.45) is 0 Å². The minimum atomic E-state index is -4.63. The summed E-state index contributed by atoms with van der Waals surface area (Å²) in [5.74, 6) is -0.688. The van der Waals surface area contributed by atoms with Crippen molar-refractivity contribution in [1.82, 2.24) is 0 Å². The summed E-state index contributed by atoms with van der Waals surface area (Å²) in [6, 6.07) is 9.64. The molecular formula is C18H14ClF3N2O2. The predicted octanol–water partition coefficient (Wildman–Crippen LogP) is 4.74. The molecule has 136 valence electrons. The second-order valence-electron chi connectivity index (χ2n) is 5.81. The summed E-state index contributed by atoms with van der Waals surface area (Å²) < 4.78 is 38.9. The van der Waals surface area contributed by atoms with E-state index >= 15 is 0 Å². The highest BCUT2D eigenvalue weighted by molar-refractivity contribution is 6.31. The van der Waals surface area contributed by atoms with Gasteiger partial charge in [-0.2, -0.15) is 13.2 Å². The summed E-state index contributed by atoms with van der Waals surface area (Å²) in [6.45, 7) is 0.502. The monoisotopic (exact) mass is 382 g/mol. The molecule has 1 fully saturated rings. The molecule has 0 unspecified atom stereocenters. The van der Waals surface area contributed by atoms with E-state index in [1.54, 1.807) is 18.2 Å². The first kappa shape index (κ1) is 18.3. The highest BCUT2D eigenvalue weighted by Gasteiger charge is 2.33. The Labute approximate surface area is 152 Å². The van der Waals surface area contributed by atoms with E-state index < -0.39 is 22.7 Å². The quantitative estimate of drug-likeness (QED) is 0.833. The van der Waals surface area contributed by atoms with E-state index in [9.17, 15) is 22.8 Å². The fourth-order valence-electron chi connectivity index (χ4n) is 2.82. The van der Waals surface area contributed by atoms with Gasteiger partial charge in [0, 0.05) is 18.7 Å². The first-order valence-corrected chi connectivity index (χ1v) is 8.22. The van der Waals surface area contributed by atoms with E-state index in [0.29, 0.717) is 25.1 Å². The van der Waals surface area contributed by atoms with Gasteiger partial charge in [-0.3, -0.25) is 9.59 Å². The molecule has 0 spiro atoms. The highest BCUT2D eigenvalue weighted by atomic mass is 35.5. The van der Waals surface area contributed by atoms with Crippen molar-refractivity contribution in [3.63, 3.8) is 0 Å². The molecule has 4 nitrogen and oxygen atoms in total. The number of nitrogens with one attached hydrogen (secondary N) is 1. The van der Waals surface area contributed by atoms with Crippen LogP contribution in [-0.2, 0) is 11.0 Å². The number of anilines is 2. The van der Waals surface area contributed by atoms with Crippen molar-refractivity contribution in [2.45, 2.75) is 19.0 Å². The first-order valence-electron chi connectivity index (χ1n) is 7.85. The first-order chi connectivity index (χ1) is 12.3. The summed E-state index contributed by atoms with van der Waals surface area (Å²) in [4.78, 5) is 26.0. The zero-order valence-corrected chi connectivity index (χ0v) is 14.2. The molecule has 0 saturated carbocycles. The molecular weight excluding hydrogens is 369 g/mol. The topological polar surface area (TPSA) is 49.4 Å². The van der Waals surface area contributed by atoms with Crippen LogP contribution in [0.4, 0.5) is 24.5 Å². The lowest BCUT2D eigenvalue weighted by Crippen LogP contribution is -2.27. The van der Waals surface area contributed by atoms with Crippen molar-refractivity contribution >= 4 is 34.8 Å². The van der Waals surface area contributed by atoms with E-state index in [1.165, 1.54) is 17.0 Å². The molecule has 3 rings (SSSR count). The van der Waals surface area contributed by atoms with Crippen LogP contribution in [0, 0.1) is 0 Å². The van der Waals surface area contributed by atoms with Crippen LogP contribution >= 0.6 is 11.6 Å². The number of carbonyl (C=O) groups is 2. The molecule has 1 heterocycles. The average Bonchev–Trinajstić information content (AvgIpc) is 3.01. The van der Waals surface area contributed by atoms with Crippen molar-refractivity contribution < 1.29 is 22.8 Å². The summed E-state index contributed by atoms with van der Waals surface area (Å²) in [5, 5.41) is 2.00. The summed E-state index contributed by atoms with van der Waals surface area (Å²) in [7, 11) is 0. The van der Waals surface area contributed by atoms with Crippen LogP contribution in [0.2, 0.25) is 5.02 Å². The summed E-state index contributed by atoms with van der Waals surface area (Å²) >= 11 is 5.58. The molecule has 1 aliphatic rings. The molecule has 1 aliphatic heterocycles. The molecule has 0 radical (unpaired) electrons. The third-order valence-electron chi connectivity index (χ3n) is 4.04. The van der Waals surface area contributed by atoms with E-state index in [0.717, 1.165) is 12.1 Å².